The predicted molar refractivity (Wildman–Crippen MR) is 86.9 cm³/mol. The highest BCUT2D eigenvalue weighted by Gasteiger charge is 2.30. The van der Waals surface area contributed by atoms with Gasteiger partial charge < -0.3 is 19.5 Å². The number of hydrogen-bond donors (Lipinski definition) is 1. The van der Waals surface area contributed by atoms with Gasteiger partial charge in [-0.1, -0.05) is 0 Å². The van der Waals surface area contributed by atoms with E-state index in [0.717, 1.165) is 5.69 Å². The van der Waals surface area contributed by atoms with Gasteiger partial charge in [0.1, 0.15) is 5.60 Å². The molecule has 0 spiro atoms. The molecule has 1 saturated heterocycles. The van der Waals surface area contributed by atoms with Crippen LogP contribution in [0.15, 0.2) is 18.2 Å². The number of nitro groups is 1. The van der Waals surface area contributed by atoms with Crippen molar-refractivity contribution < 1.29 is 19.1 Å². The van der Waals surface area contributed by atoms with Gasteiger partial charge in [-0.25, -0.2) is 0 Å². The van der Waals surface area contributed by atoms with Crippen molar-refractivity contribution in [2.75, 3.05) is 25.1 Å². The molecule has 1 aromatic carbocycles. The van der Waals surface area contributed by atoms with Gasteiger partial charge in [-0.3, -0.25) is 10.1 Å². The number of benzene rings is 1. The van der Waals surface area contributed by atoms with Crippen LogP contribution in [0.3, 0.4) is 0 Å². The van der Waals surface area contributed by atoms with Crippen molar-refractivity contribution >= 4 is 11.4 Å². The lowest BCUT2D eigenvalue weighted by molar-refractivity contribution is -0.386. The summed E-state index contributed by atoms with van der Waals surface area (Å²) in [6.45, 7) is 9.31. The highest BCUT2D eigenvalue weighted by atomic mass is 16.7. The third-order valence-corrected chi connectivity index (χ3v) is 3.38. The number of hydrogen-bond acceptors (Lipinski definition) is 6. The van der Waals surface area contributed by atoms with Crippen LogP contribution in [0, 0.1) is 10.1 Å². The minimum absolute atomic E-state index is 0.0418. The van der Waals surface area contributed by atoms with E-state index in [1.807, 2.05) is 27.7 Å². The molecule has 128 valence electrons. The monoisotopic (exact) mass is 324 g/mol. The summed E-state index contributed by atoms with van der Waals surface area (Å²) in [6.07, 6.45) is 0.680. The maximum atomic E-state index is 11.1. The van der Waals surface area contributed by atoms with E-state index in [4.69, 9.17) is 14.2 Å². The first-order chi connectivity index (χ1) is 10.7. The van der Waals surface area contributed by atoms with E-state index in [1.165, 1.54) is 6.07 Å². The normalized spacial score (nSPS) is 17.0. The number of ether oxygens (including phenoxy) is 3. The predicted octanol–water partition coefficient (Wildman–Crippen LogP) is 3.34. The third kappa shape index (κ3) is 5.07. The number of nitrogens with one attached hydrogen (secondary N) is 1. The molecule has 1 aliphatic rings. The summed E-state index contributed by atoms with van der Waals surface area (Å²) in [7, 11) is 0. The van der Waals surface area contributed by atoms with Crippen LogP contribution in [0.25, 0.3) is 0 Å². The Morgan fingerprint density at radius 1 is 1.35 bits per heavy atom. The zero-order valence-corrected chi connectivity index (χ0v) is 14.0. The Hall–Kier alpha value is -1.86. The Morgan fingerprint density at radius 3 is 2.57 bits per heavy atom. The highest BCUT2D eigenvalue weighted by molar-refractivity contribution is 5.58. The van der Waals surface area contributed by atoms with Gasteiger partial charge in [0.15, 0.2) is 11.5 Å². The average molecular weight is 324 g/mol. The van der Waals surface area contributed by atoms with E-state index in [-0.39, 0.29) is 11.4 Å². The molecular weight excluding hydrogens is 300 g/mol. The van der Waals surface area contributed by atoms with Gasteiger partial charge in [0, 0.05) is 30.8 Å². The number of nitrogens with zero attached hydrogens (tertiary/aromatic N) is 1. The molecule has 0 unspecified atom stereocenters. The molecule has 7 heteroatoms. The largest absolute Gasteiger partial charge is 0.481 e. The maximum absolute atomic E-state index is 11.1. The van der Waals surface area contributed by atoms with E-state index in [0.29, 0.717) is 26.2 Å². The summed E-state index contributed by atoms with van der Waals surface area (Å²) in [4.78, 5) is 10.7. The van der Waals surface area contributed by atoms with Crippen molar-refractivity contribution in [3.05, 3.63) is 28.3 Å². The highest BCUT2D eigenvalue weighted by Crippen LogP contribution is 2.33. The fraction of sp³-hybridized carbons (Fsp3) is 0.625. The minimum Gasteiger partial charge on any atom is -0.481 e. The van der Waals surface area contributed by atoms with Crippen LogP contribution in [0.2, 0.25) is 0 Å². The van der Waals surface area contributed by atoms with Crippen molar-refractivity contribution in [1.29, 1.82) is 0 Å². The molecule has 1 fully saturated rings. The Labute approximate surface area is 136 Å². The molecule has 0 amide bonds. The van der Waals surface area contributed by atoms with Gasteiger partial charge in [-0.05, 0) is 33.8 Å². The molecule has 1 aromatic rings. The fourth-order valence-corrected chi connectivity index (χ4v) is 2.32. The second kappa shape index (κ2) is 6.72. The fourth-order valence-electron chi connectivity index (χ4n) is 2.32. The molecule has 0 aliphatic carbocycles. The van der Waals surface area contributed by atoms with Gasteiger partial charge in [0.25, 0.3) is 0 Å². The molecule has 2 rings (SSSR count). The summed E-state index contributed by atoms with van der Waals surface area (Å²) >= 11 is 0. The molecule has 0 bridgehead atoms. The lowest BCUT2D eigenvalue weighted by Crippen LogP contribution is -2.28. The molecule has 0 saturated carbocycles. The Kier molecular flexibility index (Phi) is 5.11. The van der Waals surface area contributed by atoms with Crippen LogP contribution in [0.4, 0.5) is 11.4 Å². The van der Waals surface area contributed by atoms with Crippen LogP contribution >= 0.6 is 0 Å². The second-order valence-electron chi connectivity index (χ2n) is 6.66. The molecule has 0 radical (unpaired) electrons. The average Bonchev–Trinajstić information content (AvgIpc) is 2.83. The zero-order chi connectivity index (χ0) is 17.1. The van der Waals surface area contributed by atoms with E-state index in [2.05, 4.69) is 5.32 Å². The zero-order valence-electron chi connectivity index (χ0n) is 14.0. The van der Waals surface area contributed by atoms with Crippen LogP contribution in [-0.2, 0) is 9.47 Å². The van der Waals surface area contributed by atoms with Crippen molar-refractivity contribution in [1.82, 2.24) is 0 Å². The standard InChI is InChI=1S/C16H24N2O5/c1-15(2,3)23-14-11-12(5-6-13(14)18(19)20)17-8-7-16(4)21-9-10-22-16/h5-6,11,17H,7-10H2,1-4H3. The van der Waals surface area contributed by atoms with Crippen molar-refractivity contribution in [3.63, 3.8) is 0 Å². The SMILES string of the molecule is CC(C)(C)Oc1cc(NCCC2(C)OCCO2)ccc1[N+](=O)[O-]. The van der Waals surface area contributed by atoms with Crippen LogP contribution in [-0.4, -0.2) is 36.1 Å². The van der Waals surface area contributed by atoms with Gasteiger partial charge in [-0.15, -0.1) is 0 Å². The maximum Gasteiger partial charge on any atom is 0.311 e. The van der Waals surface area contributed by atoms with Gasteiger partial charge in [-0.2, -0.15) is 0 Å². The molecule has 0 atom stereocenters. The van der Waals surface area contributed by atoms with Gasteiger partial charge in [0.05, 0.1) is 18.1 Å². The van der Waals surface area contributed by atoms with Crippen molar-refractivity contribution in [2.45, 2.75) is 45.5 Å². The first-order valence-corrected chi connectivity index (χ1v) is 7.68. The molecule has 23 heavy (non-hydrogen) atoms. The van der Waals surface area contributed by atoms with Gasteiger partial charge in [0.2, 0.25) is 0 Å². The topological polar surface area (TPSA) is 82.9 Å². The Morgan fingerprint density at radius 2 is 2.00 bits per heavy atom. The summed E-state index contributed by atoms with van der Waals surface area (Å²) in [5, 5.41) is 14.3. The van der Waals surface area contributed by atoms with Crippen molar-refractivity contribution in [2.24, 2.45) is 0 Å². The molecule has 1 heterocycles. The second-order valence-corrected chi connectivity index (χ2v) is 6.66. The number of anilines is 1. The van der Waals surface area contributed by atoms with Crippen LogP contribution in [0.5, 0.6) is 5.75 Å². The van der Waals surface area contributed by atoms with E-state index >= 15 is 0 Å². The summed E-state index contributed by atoms with van der Waals surface area (Å²) in [5.41, 5.74) is 0.207. The molecule has 1 N–H and O–H groups in total. The molecule has 7 nitrogen and oxygen atoms in total. The summed E-state index contributed by atoms with van der Waals surface area (Å²) < 4.78 is 16.8. The summed E-state index contributed by atoms with van der Waals surface area (Å²) in [6, 6.07) is 4.78. The van der Waals surface area contributed by atoms with Crippen LogP contribution in [0.1, 0.15) is 34.1 Å². The first-order valence-electron chi connectivity index (χ1n) is 7.68. The van der Waals surface area contributed by atoms with Crippen LogP contribution < -0.4 is 10.1 Å². The molecule has 0 aromatic heterocycles. The molecule has 1 aliphatic heterocycles. The first kappa shape index (κ1) is 17.5. The molecular formula is C16H24N2O5. The Bertz CT molecular complexity index is 562. The van der Waals surface area contributed by atoms with Crippen molar-refractivity contribution in [3.8, 4) is 5.75 Å². The number of rotatable bonds is 6. The van der Waals surface area contributed by atoms with E-state index in [1.54, 1.807) is 12.1 Å². The lowest BCUT2D eigenvalue weighted by Gasteiger charge is -2.23. The van der Waals surface area contributed by atoms with E-state index in [9.17, 15) is 10.1 Å². The smallest absolute Gasteiger partial charge is 0.311 e. The Balaban J connectivity index is 2.04. The number of nitro benzene ring substituents is 1. The lowest BCUT2D eigenvalue weighted by atomic mass is 10.1. The van der Waals surface area contributed by atoms with Gasteiger partial charge >= 0.3 is 5.69 Å². The van der Waals surface area contributed by atoms with E-state index < -0.39 is 16.3 Å². The minimum atomic E-state index is -0.557. The third-order valence-electron chi connectivity index (χ3n) is 3.38. The quantitative estimate of drug-likeness (QED) is 0.638. The summed E-state index contributed by atoms with van der Waals surface area (Å²) in [5.74, 6) is -0.300.